The van der Waals surface area contributed by atoms with Gasteiger partial charge in [0, 0.05) is 0 Å². The zero-order valence-corrected chi connectivity index (χ0v) is 9.00. The van der Waals surface area contributed by atoms with E-state index in [9.17, 15) is 9.18 Å². The number of hydrogen-bond donors (Lipinski definition) is 2. The van der Waals surface area contributed by atoms with Gasteiger partial charge >= 0.3 is 0 Å². The summed E-state index contributed by atoms with van der Waals surface area (Å²) in [6, 6.07) is 4.73. The van der Waals surface area contributed by atoms with Crippen molar-refractivity contribution in [2.45, 2.75) is 18.8 Å². The fraction of sp³-hybridized carbons (Fsp3) is 0.417. The summed E-state index contributed by atoms with van der Waals surface area (Å²) in [4.78, 5) is 10.9. The number of nitrogens with two attached hydrogens (primary N) is 1. The molecule has 0 aromatic heterocycles. The second kappa shape index (κ2) is 4.61. The molecule has 1 aliphatic heterocycles. The van der Waals surface area contributed by atoms with Crippen molar-refractivity contribution in [2.24, 2.45) is 5.73 Å². The average Bonchev–Trinajstić information content (AvgIpc) is 2.29. The summed E-state index contributed by atoms with van der Waals surface area (Å²) in [6.45, 7) is 1.92. The highest BCUT2D eigenvalue weighted by Gasteiger charge is 2.17. The van der Waals surface area contributed by atoms with Gasteiger partial charge in [0.25, 0.3) is 5.91 Å². The lowest BCUT2D eigenvalue weighted by molar-refractivity contribution is 0.0996. The van der Waals surface area contributed by atoms with E-state index >= 15 is 0 Å². The molecule has 0 saturated carbocycles. The average molecular weight is 222 g/mol. The van der Waals surface area contributed by atoms with Gasteiger partial charge in [-0.05, 0) is 49.5 Å². The molecule has 0 aliphatic carbocycles. The van der Waals surface area contributed by atoms with Gasteiger partial charge in [0.2, 0.25) is 0 Å². The topological polar surface area (TPSA) is 55.1 Å². The SMILES string of the molecule is NC(=O)c1ccc(C2CCNCC2)cc1F. The van der Waals surface area contributed by atoms with E-state index in [-0.39, 0.29) is 5.56 Å². The van der Waals surface area contributed by atoms with Crippen molar-refractivity contribution in [3.63, 3.8) is 0 Å². The van der Waals surface area contributed by atoms with Crippen molar-refractivity contribution in [2.75, 3.05) is 13.1 Å². The number of benzene rings is 1. The third kappa shape index (κ3) is 2.22. The third-order valence-electron chi connectivity index (χ3n) is 3.07. The number of halogens is 1. The minimum atomic E-state index is -0.714. The minimum absolute atomic E-state index is 0.0299. The van der Waals surface area contributed by atoms with E-state index in [4.69, 9.17) is 5.73 Å². The van der Waals surface area contributed by atoms with Gasteiger partial charge in [-0.1, -0.05) is 6.07 Å². The first-order valence-corrected chi connectivity index (χ1v) is 5.48. The Labute approximate surface area is 93.8 Å². The van der Waals surface area contributed by atoms with Crippen LogP contribution in [0.1, 0.15) is 34.7 Å². The summed E-state index contributed by atoms with van der Waals surface area (Å²) in [5, 5.41) is 3.26. The summed E-state index contributed by atoms with van der Waals surface area (Å²) >= 11 is 0. The number of amides is 1. The van der Waals surface area contributed by atoms with E-state index in [0.717, 1.165) is 31.5 Å². The predicted octanol–water partition coefficient (Wildman–Crippen LogP) is 1.39. The molecule has 1 amide bonds. The second-order valence-electron chi connectivity index (χ2n) is 4.13. The third-order valence-corrected chi connectivity index (χ3v) is 3.07. The number of piperidine rings is 1. The number of carbonyl (C=O) groups is 1. The first kappa shape index (κ1) is 11.1. The maximum atomic E-state index is 13.5. The van der Waals surface area contributed by atoms with Crippen LogP contribution < -0.4 is 11.1 Å². The van der Waals surface area contributed by atoms with Gasteiger partial charge in [-0.15, -0.1) is 0 Å². The first-order chi connectivity index (χ1) is 7.68. The summed E-state index contributed by atoms with van der Waals surface area (Å²) in [5.74, 6) is -0.837. The Bertz CT molecular complexity index is 400. The van der Waals surface area contributed by atoms with Crippen LogP contribution in [0.25, 0.3) is 0 Å². The Kier molecular flexibility index (Phi) is 3.19. The van der Waals surface area contributed by atoms with Crippen LogP contribution in [0.4, 0.5) is 4.39 Å². The van der Waals surface area contributed by atoms with Crippen molar-refractivity contribution in [3.8, 4) is 0 Å². The lowest BCUT2D eigenvalue weighted by atomic mass is 9.89. The van der Waals surface area contributed by atoms with Crippen LogP contribution in [0.3, 0.4) is 0 Å². The largest absolute Gasteiger partial charge is 0.366 e. The molecule has 2 rings (SSSR count). The number of rotatable bonds is 2. The number of nitrogens with one attached hydrogen (secondary N) is 1. The molecule has 3 nitrogen and oxygen atoms in total. The lowest BCUT2D eigenvalue weighted by Gasteiger charge is -2.23. The molecular formula is C12H15FN2O. The lowest BCUT2D eigenvalue weighted by Crippen LogP contribution is -2.26. The fourth-order valence-electron chi connectivity index (χ4n) is 2.14. The van der Waals surface area contributed by atoms with Gasteiger partial charge in [0.1, 0.15) is 5.82 Å². The summed E-state index contributed by atoms with van der Waals surface area (Å²) in [5.41, 5.74) is 5.99. The Balaban J connectivity index is 2.23. The number of primary amides is 1. The van der Waals surface area contributed by atoms with Crippen molar-refractivity contribution < 1.29 is 9.18 Å². The van der Waals surface area contributed by atoms with Crippen LogP contribution in [0.15, 0.2) is 18.2 Å². The van der Waals surface area contributed by atoms with E-state index in [1.54, 1.807) is 6.07 Å². The zero-order chi connectivity index (χ0) is 11.5. The number of carbonyl (C=O) groups excluding carboxylic acids is 1. The molecule has 86 valence electrons. The van der Waals surface area contributed by atoms with Gasteiger partial charge in [-0.3, -0.25) is 4.79 Å². The summed E-state index contributed by atoms with van der Waals surface area (Å²) in [7, 11) is 0. The normalized spacial score (nSPS) is 17.3. The Morgan fingerprint density at radius 3 is 2.62 bits per heavy atom. The minimum Gasteiger partial charge on any atom is -0.366 e. The molecule has 0 spiro atoms. The smallest absolute Gasteiger partial charge is 0.251 e. The monoisotopic (exact) mass is 222 g/mol. The predicted molar refractivity (Wildman–Crippen MR) is 59.8 cm³/mol. The first-order valence-electron chi connectivity index (χ1n) is 5.48. The molecule has 3 N–H and O–H groups in total. The van der Waals surface area contributed by atoms with Crippen molar-refractivity contribution in [1.82, 2.24) is 5.32 Å². The van der Waals surface area contributed by atoms with Gasteiger partial charge < -0.3 is 11.1 Å². The van der Waals surface area contributed by atoms with Gasteiger partial charge in [0.05, 0.1) is 5.56 Å². The molecule has 4 heteroatoms. The van der Waals surface area contributed by atoms with E-state index in [1.165, 1.54) is 12.1 Å². The van der Waals surface area contributed by atoms with Crippen LogP contribution in [-0.4, -0.2) is 19.0 Å². The van der Waals surface area contributed by atoms with Crippen LogP contribution >= 0.6 is 0 Å². The van der Waals surface area contributed by atoms with Crippen LogP contribution in [0.2, 0.25) is 0 Å². The van der Waals surface area contributed by atoms with Crippen LogP contribution in [0.5, 0.6) is 0 Å². The van der Waals surface area contributed by atoms with Crippen LogP contribution in [0, 0.1) is 5.82 Å². The van der Waals surface area contributed by atoms with Crippen LogP contribution in [-0.2, 0) is 0 Å². The highest BCUT2D eigenvalue weighted by Crippen LogP contribution is 2.26. The van der Waals surface area contributed by atoms with E-state index in [0.29, 0.717) is 5.92 Å². The van der Waals surface area contributed by atoms with E-state index < -0.39 is 11.7 Å². The summed E-state index contributed by atoms with van der Waals surface area (Å²) < 4.78 is 13.5. The van der Waals surface area contributed by atoms with E-state index in [1.807, 2.05) is 0 Å². The molecule has 1 saturated heterocycles. The molecule has 0 unspecified atom stereocenters. The second-order valence-corrected chi connectivity index (χ2v) is 4.13. The van der Waals surface area contributed by atoms with Crippen molar-refractivity contribution in [3.05, 3.63) is 35.1 Å². The van der Waals surface area contributed by atoms with Gasteiger partial charge in [-0.2, -0.15) is 0 Å². The quantitative estimate of drug-likeness (QED) is 0.794. The molecule has 0 radical (unpaired) electrons. The zero-order valence-electron chi connectivity index (χ0n) is 9.00. The molecule has 0 bridgehead atoms. The van der Waals surface area contributed by atoms with E-state index in [2.05, 4.69) is 5.32 Å². The molecule has 1 aliphatic rings. The Morgan fingerprint density at radius 2 is 2.06 bits per heavy atom. The molecule has 1 heterocycles. The molecule has 1 aromatic carbocycles. The highest BCUT2D eigenvalue weighted by molar-refractivity contribution is 5.93. The molecule has 1 fully saturated rings. The summed E-state index contributed by atoms with van der Waals surface area (Å²) in [6.07, 6.45) is 2.02. The Morgan fingerprint density at radius 1 is 1.38 bits per heavy atom. The number of hydrogen-bond acceptors (Lipinski definition) is 2. The Hall–Kier alpha value is -1.42. The fourth-order valence-corrected chi connectivity index (χ4v) is 2.14. The van der Waals surface area contributed by atoms with Gasteiger partial charge in [0.15, 0.2) is 0 Å². The van der Waals surface area contributed by atoms with Crippen molar-refractivity contribution >= 4 is 5.91 Å². The maximum Gasteiger partial charge on any atom is 0.251 e. The van der Waals surface area contributed by atoms with Gasteiger partial charge in [-0.25, -0.2) is 4.39 Å². The molecule has 0 atom stereocenters. The molecule has 1 aromatic rings. The molecule has 16 heavy (non-hydrogen) atoms. The molecular weight excluding hydrogens is 207 g/mol. The van der Waals surface area contributed by atoms with Crippen molar-refractivity contribution in [1.29, 1.82) is 0 Å². The maximum absolute atomic E-state index is 13.5. The standard InChI is InChI=1S/C12H15FN2O/c13-11-7-9(1-2-10(11)12(14)16)8-3-5-15-6-4-8/h1-2,7-8,15H,3-6H2,(H2,14,16). The highest BCUT2D eigenvalue weighted by atomic mass is 19.1.